The van der Waals surface area contributed by atoms with Crippen LogP contribution in [0.5, 0.6) is 17.2 Å². The van der Waals surface area contributed by atoms with E-state index in [4.69, 9.17) is 30.5 Å². The van der Waals surface area contributed by atoms with Crippen molar-refractivity contribution in [3.8, 4) is 17.2 Å². The van der Waals surface area contributed by atoms with Crippen LogP contribution in [0.4, 0.5) is 0 Å². The van der Waals surface area contributed by atoms with Crippen molar-refractivity contribution in [2.24, 2.45) is 0 Å². The fourth-order valence-corrected chi connectivity index (χ4v) is 2.88. The van der Waals surface area contributed by atoms with E-state index in [2.05, 4.69) is 5.32 Å². The number of benzene rings is 2. The lowest BCUT2D eigenvalue weighted by atomic mass is 10.2. The van der Waals surface area contributed by atoms with Crippen molar-refractivity contribution >= 4 is 29.6 Å². The largest absolute Gasteiger partial charge is 0.496 e. The van der Waals surface area contributed by atoms with Crippen LogP contribution in [0.1, 0.15) is 18.1 Å². The first-order chi connectivity index (χ1) is 14.5. The predicted octanol–water partition coefficient (Wildman–Crippen LogP) is 3.63. The van der Waals surface area contributed by atoms with Gasteiger partial charge in [-0.1, -0.05) is 29.8 Å². The zero-order valence-electron chi connectivity index (χ0n) is 17.1. The number of carbonyl (C=O) groups excluding carboxylic acids is 2. The molecule has 0 aliphatic rings. The number of methoxy groups -OCH3 is 2. The Hall–Kier alpha value is -3.19. The summed E-state index contributed by atoms with van der Waals surface area (Å²) in [6, 6.07) is 10.6. The summed E-state index contributed by atoms with van der Waals surface area (Å²) in [5.41, 5.74) is 1.45. The maximum atomic E-state index is 11.9. The van der Waals surface area contributed by atoms with Gasteiger partial charge in [0.15, 0.2) is 18.1 Å². The Labute approximate surface area is 180 Å². The van der Waals surface area contributed by atoms with E-state index in [1.807, 2.05) is 25.1 Å². The topological polar surface area (TPSA) is 83.1 Å². The second kappa shape index (κ2) is 11.7. The molecule has 0 spiro atoms. The zero-order valence-corrected chi connectivity index (χ0v) is 17.8. The van der Waals surface area contributed by atoms with Gasteiger partial charge in [-0.15, -0.1) is 0 Å². The highest BCUT2D eigenvalue weighted by Gasteiger charge is 2.11. The van der Waals surface area contributed by atoms with Gasteiger partial charge in [-0.2, -0.15) is 0 Å². The number of carbonyl (C=O) groups is 2. The Kier molecular flexibility index (Phi) is 9.03. The third-order valence-corrected chi connectivity index (χ3v) is 4.24. The number of hydrogen-bond acceptors (Lipinski definition) is 6. The second-order valence-electron chi connectivity index (χ2n) is 6.00. The smallest absolute Gasteiger partial charge is 0.331 e. The minimum absolute atomic E-state index is 0.265. The molecule has 2 aromatic rings. The van der Waals surface area contributed by atoms with Gasteiger partial charge in [-0.25, -0.2) is 4.79 Å². The molecule has 2 aromatic carbocycles. The van der Waals surface area contributed by atoms with E-state index < -0.39 is 18.5 Å². The van der Waals surface area contributed by atoms with Gasteiger partial charge >= 0.3 is 5.97 Å². The van der Waals surface area contributed by atoms with Crippen molar-refractivity contribution in [1.82, 2.24) is 5.32 Å². The maximum absolute atomic E-state index is 11.9. The number of rotatable bonds is 10. The number of ether oxygens (including phenoxy) is 4. The summed E-state index contributed by atoms with van der Waals surface area (Å²) < 4.78 is 20.9. The molecule has 0 bridgehead atoms. The molecule has 1 amide bonds. The van der Waals surface area contributed by atoms with Gasteiger partial charge in [0, 0.05) is 18.2 Å². The first-order valence-corrected chi connectivity index (χ1v) is 9.60. The SMILES string of the molecule is CCOc1cc(/C=C/C(=O)OCC(=O)NCc2ccccc2OC)cc(Cl)c1OC. The fourth-order valence-electron chi connectivity index (χ4n) is 2.59. The molecule has 0 fully saturated rings. The van der Waals surface area contributed by atoms with Crippen molar-refractivity contribution in [3.63, 3.8) is 0 Å². The van der Waals surface area contributed by atoms with Gasteiger partial charge in [0.05, 0.1) is 25.8 Å². The molecule has 0 aliphatic carbocycles. The lowest BCUT2D eigenvalue weighted by molar-refractivity contribution is -0.143. The van der Waals surface area contributed by atoms with E-state index in [0.29, 0.717) is 34.4 Å². The van der Waals surface area contributed by atoms with Crippen LogP contribution in [-0.2, 0) is 20.9 Å². The molecule has 0 saturated carbocycles. The second-order valence-corrected chi connectivity index (χ2v) is 6.40. The van der Waals surface area contributed by atoms with Crippen molar-refractivity contribution in [3.05, 3.63) is 58.6 Å². The van der Waals surface area contributed by atoms with Crippen LogP contribution in [0.2, 0.25) is 5.02 Å². The summed E-state index contributed by atoms with van der Waals surface area (Å²) in [4.78, 5) is 23.8. The molecular weight excluding hydrogens is 410 g/mol. The number of para-hydroxylation sites is 1. The predicted molar refractivity (Wildman–Crippen MR) is 114 cm³/mol. The molecule has 0 heterocycles. The number of halogens is 1. The van der Waals surface area contributed by atoms with E-state index in [-0.39, 0.29) is 6.54 Å². The number of esters is 1. The molecule has 0 unspecified atom stereocenters. The van der Waals surface area contributed by atoms with Crippen molar-refractivity contribution in [2.75, 3.05) is 27.4 Å². The van der Waals surface area contributed by atoms with E-state index in [9.17, 15) is 9.59 Å². The lowest BCUT2D eigenvalue weighted by Crippen LogP contribution is -2.28. The van der Waals surface area contributed by atoms with Crippen LogP contribution < -0.4 is 19.5 Å². The maximum Gasteiger partial charge on any atom is 0.331 e. The lowest BCUT2D eigenvalue weighted by Gasteiger charge is -2.11. The molecule has 0 aromatic heterocycles. The molecule has 1 N–H and O–H groups in total. The number of amides is 1. The summed E-state index contributed by atoms with van der Waals surface area (Å²) in [5, 5.41) is 3.03. The molecule has 8 heteroatoms. The molecule has 160 valence electrons. The molecule has 0 saturated heterocycles. The molecule has 7 nitrogen and oxygen atoms in total. The van der Waals surface area contributed by atoms with Crippen LogP contribution in [-0.4, -0.2) is 39.3 Å². The summed E-state index contributed by atoms with van der Waals surface area (Å²) in [6.45, 7) is 2.14. The molecule has 0 atom stereocenters. The number of nitrogens with one attached hydrogen (secondary N) is 1. The van der Waals surface area contributed by atoms with Crippen LogP contribution in [0.25, 0.3) is 6.08 Å². The van der Waals surface area contributed by atoms with Gasteiger partial charge in [0.25, 0.3) is 5.91 Å². The Morgan fingerprint density at radius 2 is 1.87 bits per heavy atom. The molecular formula is C22H24ClNO6. The molecule has 0 aliphatic heterocycles. The van der Waals surface area contributed by atoms with Gasteiger partial charge in [0.2, 0.25) is 0 Å². The summed E-state index contributed by atoms with van der Waals surface area (Å²) >= 11 is 6.18. The van der Waals surface area contributed by atoms with Gasteiger partial charge < -0.3 is 24.3 Å². The Bertz CT molecular complexity index is 912. The summed E-state index contributed by atoms with van der Waals surface area (Å²) in [7, 11) is 3.05. The normalized spacial score (nSPS) is 10.5. The minimum Gasteiger partial charge on any atom is -0.496 e. The first-order valence-electron chi connectivity index (χ1n) is 9.22. The van der Waals surface area contributed by atoms with Crippen molar-refractivity contribution < 1.29 is 28.5 Å². The van der Waals surface area contributed by atoms with Crippen LogP contribution >= 0.6 is 11.6 Å². The highest BCUT2D eigenvalue weighted by Crippen LogP contribution is 2.36. The van der Waals surface area contributed by atoms with Crippen LogP contribution in [0.3, 0.4) is 0 Å². The third-order valence-electron chi connectivity index (χ3n) is 3.96. The van der Waals surface area contributed by atoms with E-state index in [1.165, 1.54) is 19.3 Å². The third kappa shape index (κ3) is 6.70. The van der Waals surface area contributed by atoms with E-state index in [1.54, 1.807) is 25.3 Å². The quantitative estimate of drug-likeness (QED) is 0.455. The standard InChI is InChI=1S/C22H24ClNO6/c1-4-29-19-12-15(11-17(23)22(19)28-3)9-10-21(26)30-14-20(25)24-13-16-7-5-6-8-18(16)27-2/h5-12H,4,13-14H2,1-3H3,(H,24,25)/b10-9+. The van der Waals surface area contributed by atoms with Gasteiger partial charge in [-0.05, 0) is 36.8 Å². The number of hydrogen-bond donors (Lipinski definition) is 1. The monoisotopic (exact) mass is 433 g/mol. The summed E-state index contributed by atoms with van der Waals surface area (Å²) in [5.74, 6) is 0.477. The summed E-state index contributed by atoms with van der Waals surface area (Å²) in [6.07, 6.45) is 2.73. The molecule has 0 radical (unpaired) electrons. The highest BCUT2D eigenvalue weighted by molar-refractivity contribution is 6.32. The first kappa shape index (κ1) is 23.1. The Morgan fingerprint density at radius 3 is 2.57 bits per heavy atom. The average Bonchev–Trinajstić information content (AvgIpc) is 2.75. The van der Waals surface area contributed by atoms with Crippen molar-refractivity contribution in [2.45, 2.75) is 13.5 Å². The van der Waals surface area contributed by atoms with Gasteiger partial charge in [-0.3, -0.25) is 4.79 Å². The zero-order chi connectivity index (χ0) is 21.9. The van der Waals surface area contributed by atoms with Crippen molar-refractivity contribution in [1.29, 1.82) is 0 Å². The minimum atomic E-state index is -0.660. The Balaban J connectivity index is 1.88. The van der Waals surface area contributed by atoms with E-state index >= 15 is 0 Å². The highest BCUT2D eigenvalue weighted by atomic mass is 35.5. The average molecular weight is 434 g/mol. The molecule has 30 heavy (non-hydrogen) atoms. The van der Waals surface area contributed by atoms with Gasteiger partial charge in [0.1, 0.15) is 5.75 Å². The van der Waals surface area contributed by atoms with E-state index in [0.717, 1.165) is 5.56 Å². The van der Waals surface area contributed by atoms with Crippen LogP contribution in [0.15, 0.2) is 42.5 Å². The molecule has 2 rings (SSSR count). The Morgan fingerprint density at radius 1 is 1.10 bits per heavy atom. The van der Waals surface area contributed by atoms with Crippen LogP contribution in [0, 0.1) is 0 Å². The fraction of sp³-hybridized carbons (Fsp3) is 0.273.